The summed E-state index contributed by atoms with van der Waals surface area (Å²) in [6, 6.07) is 9.63. The topological polar surface area (TPSA) is 58.4 Å². The number of fused-ring (bicyclic) bond motifs is 1. The summed E-state index contributed by atoms with van der Waals surface area (Å²) < 4.78 is 6.67. The molecule has 0 radical (unpaired) electrons. The molecular weight excluding hydrogens is 334 g/mol. The molecule has 0 aliphatic carbocycles. The van der Waals surface area contributed by atoms with Crippen LogP contribution >= 0.6 is 11.3 Å². The summed E-state index contributed by atoms with van der Waals surface area (Å²) in [5, 5.41) is 3.09. The SMILES string of the molecule is O=C(NC[C@@H](c1ccco1)N1CCCCC1)c1ccc2ncsc2c1. The predicted molar refractivity (Wildman–Crippen MR) is 98.8 cm³/mol. The summed E-state index contributed by atoms with van der Waals surface area (Å²) in [5.41, 5.74) is 3.41. The van der Waals surface area contributed by atoms with Crippen LogP contribution in [0.15, 0.2) is 46.5 Å². The molecule has 130 valence electrons. The van der Waals surface area contributed by atoms with Gasteiger partial charge in [0.15, 0.2) is 0 Å². The number of amides is 1. The zero-order valence-corrected chi connectivity index (χ0v) is 14.8. The van der Waals surface area contributed by atoms with Gasteiger partial charge >= 0.3 is 0 Å². The van der Waals surface area contributed by atoms with Crippen LogP contribution in [0.5, 0.6) is 0 Å². The molecule has 1 aliphatic rings. The number of nitrogens with one attached hydrogen (secondary N) is 1. The van der Waals surface area contributed by atoms with Crippen LogP contribution in [0.3, 0.4) is 0 Å². The van der Waals surface area contributed by atoms with Gasteiger partial charge in [-0.15, -0.1) is 11.3 Å². The van der Waals surface area contributed by atoms with Crippen LogP contribution in [-0.4, -0.2) is 35.4 Å². The summed E-state index contributed by atoms with van der Waals surface area (Å²) >= 11 is 1.55. The molecule has 0 bridgehead atoms. The van der Waals surface area contributed by atoms with E-state index < -0.39 is 0 Å². The van der Waals surface area contributed by atoms with Gasteiger partial charge in [-0.3, -0.25) is 9.69 Å². The first-order valence-corrected chi connectivity index (χ1v) is 9.58. The summed E-state index contributed by atoms with van der Waals surface area (Å²) in [5.74, 6) is 0.865. The molecule has 2 aromatic heterocycles. The summed E-state index contributed by atoms with van der Waals surface area (Å²) in [6.45, 7) is 2.65. The van der Waals surface area contributed by atoms with Crippen molar-refractivity contribution in [3.63, 3.8) is 0 Å². The van der Waals surface area contributed by atoms with E-state index in [9.17, 15) is 4.79 Å². The second kappa shape index (κ2) is 7.37. The lowest BCUT2D eigenvalue weighted by molar-refractivity contribution is 0.0914. The van der Waals surface area contributed by atoms with Crippen LogP contribution in [0, 0.1) is 0 Å². The number of furan rings is 1. The van der Waals surface area contributed by atoms with Gasteiger partial charge in [-0.05, 0) is 56.3 Å². The Kier molecular flexibility index (Phi) is 4.81. The first-order chi connectivity index (χ1) is 12.3. The minimum absolute atomic E-state index is 0.0520. The van der Waals surface area contributed by atoms with E-state index in [1.165, 1.54) is 19.3 Å². The Balaban J connectivity index is 1.47. The quantitative estimate of drug-likeness (QED) is 0.755. The van der Waals surface area contributed by atoms with Crippen LogP contribution < -0.4 is 5.32 Å². The van der Waals surface area contributed by atoms with Gasteiger partial charge in [0.05, 0.1) is 28.0 Å². The van der Waals surface area contributed by atoms with E-state index in [1.54, 1.807) is 23.1 Å². The molecule has 1 saturated heterocycles. The van der Waals surface area contributed by atoms with Crippen LogP contribution in [0.4, 0.5) is 0 Å². The van der Waals surface area contributed by atoms with Gasteiger partial charge in [-0.1, -0.05) is 6.42 Å². The zero-order chi connectivity index (χ0) is 17.1. The van der Waals surface area contributed by atoms with Crippen molar-refractivity contribution in [1.29, 1.82) is 0 Å². The number of carbonyl (C=O) groups excluding carboxylic acids is 1. The fourth-order valence-corrected chi connectivity index (χ4v) is 4.12. The lowest BCUT2D eigenvalue weighted by atomic mass is 10.1. The average Bonchev–Trinajstić information content (AvgIpc) is 3.34. The number of hydrogen-bond donors (Lipinski definition) is 1. The van der Waals surface area contributed by atoms with Crippen molar-refractivity contribution in [1.82, 2.24) is 15.2 Å². The summed E-state index contributed by atoms with van der Waals surface area (Å²) in [4.78, 5) is 19.3. The molecule has 1 N–H and O–H groups in total. The van der Waals surface area contributed by atoms with Gasteiger partial charge in [0.25, 0.3) is 5.91 Å². The first-order valence-electron chi connectivity index (χ1n) is 8.70. The third-order valence-electron chi connectivity index (χ3n) is 4.75. The minimum atomic E-state index is -0.0520. The Bertz CT molecular complexity index is 837. The number of nitrogens with zero attached hydrogens (tertiary/aromatic N) is 2. The van der Waals surface area contributed by atoms with Gasteiger partial charge < -0.3 is 9.73 Å². The van der Waals surface area contributed by atoms with Crippen molar-refractivity contribution in [2.45, 2.75) is 25.3 Å². The van der Waals surface area contributed by atoms with Gasteiger partial charge in [-0.2, -0.15) is 0 Å². The van der Waals surface area contributed by atoms with Gasteiger partial charge in [0.2, 0.25) is 0 Å². The van der Waals surface area contributed by atoms with E-state index in [4.69, 9.17) is 4.42 Å². The molecule has 0 unspecified atom stereocenters. The fraction of sp³-hybridized carbons (Fsp3) is 0.368. The van der Waals surface area contributed by atoms with Crippen molar-refractivity contribution in [3.05, 3.63) is 53.4 Å². The van der Waals surface area contributed by atoms with Crippen LogP contribution in [0.2, 0.25) is 0 Å². The number of likely N-dealkylation sites (tertiary alicyclic amines) is 1. The zero-order valence-electron chi connectivity index (χ0n) is 14.0. The summed E-state index contributed by atoms with van der Waals surface area (Å²) in [6.07, 6.45) is 5.38. The fourth-order valence-electron chi connectivity index (χ4n) is 3.41. The highest BCUT2D eigenvalue weighted by Gasteiger charge is 2.25. The molecule has 3 aromatic rings. The number of hydrogen-bond acceptors (Lipinski definition) is 5. The highest BCUT2D eigenvalue weighted by Crippen LogP contribution is 2.25. The molecule has 3 heterocycles. The van der Waals surface area contributed by atoms with E-state index in [2.05, 4.69) is 15.2 Å². The number of benzene rings is 1. The number of piperidine rings is 1. The lowest BCUT2D eigenvalue weighted by Crippen LogP contribution is -2.40. The monoisotopic (exact) mass is 355 g/mol. The number of rotatable bonds is 5. The van der Waals surface area contributed by atoms with Crippen molar-refractivity contribution >= 4 is 27.5 Å². The second-order valence-corrected chi connectivity index (χ2v) is 7.26. The van der Waals surface area contributed by atoms with Gasteiger partial charge in [0.1, 0.15) is 5.76 Å². The largest absolute Gasteiger partial charge is 0.468 e. The van der Waals surface area contributed by atoms with Crippen LogP contribution in [0.25, 0.3) is 10.2 Å². The van der Waals surface area contributed by atoms with Crippen molar-refractivity contribution in [3.8, 4) is 0 Å². The van der Waals surface area contributed by atoms with Crippen molar-refractivity contribution in [2.24, 2.45) is 0 Å². The minimum Gasteiger partial charge on any atom is -0.468 e. The highest BCUT2D eigenvalue weighted by molar-refractivity contribution is 7.16. The van der Waals surface area contributed by atoms with E-state index in [0.29, 0.717) is 12.1 Å². The van der Waals surface area contributed by atoms with Crippen LogP contribution in [-0.2, 0) is 0 Å². The molecule has 1 atom stereocenters. The Labute approximate surface area is 150 Å². The number of carbonyl (C=O) groups is 1. The Hall–Kier alpha value is -2.18. The molecule has 0 saturated carbocycles. The highest BCUT2D eigenvalue weighted by atomic mass is 32.1. The molecule has 1 aromatic carbocycles. The van der Waals surface area contributed by atoms with Crippen molar-refractivity contribution in [2.75, 3.05) is 19.6 Å². The summed E-state index contributed by atoms with van der Waals surface area (Å²) in [7, 11) is 0. The molecule has 5 nitrogen and oxygen atoms in total. The van der Waals surface area contributed by atoms with Crippen LogP contribution in [0.1, 0.15) is 41.4 Å². The standard InChI is InChI=1S/C19H21N3O2S/c23-19(14-6-7-15-18(11-14)25-13-21-15)20-12-16(17-5-4-10-24-17)22-8-2-1-3-9-22/h4-7,10-11,13,16H,1-3,8-9,12H2,(H,20,23)/t16-/m0/s1. The van der Waals surface area contributed by atoms with E-state index in [1.807, 2.05) is 30.3 Å². The molecular formula is C19H21N3O2S. The maximum Gasteiger partial charge on any atom is 0.251 e. The van der Waals surface area contributed by atoms with Gasteiger partial charge in [-0.25, -0.2) is 4.98 Å². The van der Waals surface area contributed by atoms with E-state index >= 15 is 0 Å². The van der Waals surface area contributed by atoms with E-state index in [0.717, 1.165) is 29.1 Å². The Morgan fingerprint density at radius 3 is 2.96 bits per heavy atom. The molecule has 1 amide bonds. The Morgan fingerprint density at radius 1 is 1.28 bits per heavy atom. The molecule has 6 heteroatoms. The molecule has 1 aliphatic heterocycles. The third kappa shape index (κ3) is 3.60. The molecule has 0 spiro atoms. The van der Waals surface area contributed by atoms with Crippen molar-refractivity contribution < 1.29 is 9.21 Å². The lowest BCUT2D eigenvalue weighted by Gasteiger charge is -2.33. The molecule has 4 rings (SSSR count). The van der Waals surface area contributed by atoms with E-state index in [-0.39, 0.29) is 11.9 Å². The second-order valence-electron chi connectivity index (χ2n) is 6.37. The van der Waals surface area contributed by atoms with Gasteiger partial charge in [0, 0.05) is 12.1 Å². The number of aromatic nitrogens is 1. The number of thiazole rings is 1. The maximum atomic E-state index is 12.6. The predicted octanol–water partition coefficient (Wildman–Crippen LogP) is 3.85. The molecule has 25 heavy (non-hydrogen) atoms. The smallest absolute Gasteiger partial charge is 0.251 e. The average molecular weight is 355 g/mol. The normalized spacial score (nSPS) is 16.8. The maximum absolute atomic E-state index is 12.6. The first kappa shape index (κ1) is 16.3. The Morgan fingerprint density at radius 2 is 2.16 bits per heavy atom. The third-order valence-corrected chi connectivity index (χ3v) is 5.54. The molecule has 1 fully saturated rings.